The summed E-state index contributed by atoms with van der Waals surface area (Å²) >= 11 is 0. The third-order valence-electron chi connectivity index (χ3n) is 2.15. The highest BCUT2D eigenvalue weighted by molar-refractivity contribution is 5.84. The number of aromatic hydroxyl groups is 1. The molecule has 0 aliphatic heterocycles. The Bertz CT molecular complexity index is 439. The van der Waals surface area contributed by atoms with Crippen molar-refractivity contribution in [1.29, 1.82) is 1.43 Å². The Morgan fingerprint density at radius 2 is 2.46 bits per heavy atom. The molecule has 2 aromatic rings. The van der Waals surface area contributed by atoms with Gasteiger partial charge in [0.15, 0.2) is 0 Å². The average molecular weight is 177 g/mol. The van der Waals surface area contributed by atoms with Crippen molar-refractivity contribution in [2.75, 3.05) is 6.54 Å². The smallest absolute Gasteiger partial charge is 0.293 e. The van der Waals surface area contributed by atoms with E-state index in [1.807, 2.05) is 18.3 Å². The van der Waals surface area contributed by atoms with E-state index in [-0.39, 0.29) is 0 Å². The van der Waals surface area contributed by atoms with Crippen molar-refractivity contribution in [3.8, 4) is 5.75 Å². The van der Waals surface area contributed by atoms with Gasteiger partial charge in [-0.15, -0.1) is 0 Å². The molecule has 2 rings (SSSR count). The summed E-state index contributed by atoms with van der Waals surface area (Å²) in [6.45, 7) is 0.624. The molecule has 0 aliphatic carbocycles. The zero-order valence-corrected chi connectivity index (χ0v) is 7.21. The number of fused-ring (bicyclic) bond motifs is 1. The van der Waals surface area contributed by atoms with Crippen LogP contribution in [0.1, 0.15) is 5.56 Å². The third-order valence-corrected chi connectivity index (χ3v) is 2.15. The summed E-state index contributed by atoms with van der Waals surface area (Å²) in [7, 11) is 0. The molecule has 13 heavy (non-hydrogen) atoms. The van der Waals surface area contributed by atoms with Crippen molar-refractivity contribution in [2.45, 2.75) is 6.42 Å². The molecular weight excluding hydrogens is 164 g/mol. The lowest BCUT2D eigenvalue weighted by molar-refractivity contribution is 0.476. The third kappa shape index (κ3) is 1.38. The number of hydrogen-bond donors (Lipinski definition) is 3. The number of aromatic nitrogens is 1. The summed E-state index contributed by atoms with van der Waals surface area (Å²) in [6.07, 6.45) is 2.78. The molecule has 0 saturated heterocycles. The minimum absolute atomic E-state index is 0.551. The van der Waals surface area contributed by atoms with E-state index in [4.69, 9.17) is 7.16 Å². The van der Waals surface area contributed by atoms with E-state index in [0.717, 1.165) is 17.3 Å². The Morgan fingerprint density at radius 1 is 1.54 bits per heavy atom. The van der Waals surface area contributed by atoms with Crippen LogP contribution in [0.3, 0.4) is 0 Å². The lowest BCUT2D eigenvalue weighted by Gasteiger charge is -1.96. The number of rotatable bonds is 3. The first-order chi connectivity index (χ1) is 6.85. The van der Waals surface area contributed by atoms with Gasteiger partial charge in [-0.25, -0.2) is 0 Å². The standard InChI is InChI=1S/C10H12N2O/c11-4-3-7-6-12-10-2-1-8(13)5-9(7)10/h1-2,5-6,12-13H,3-4,11H2/i/hD. The van der Waals surface area contributed by atoms with Crippen LogP contribution < -0.4 is 5.73 Å². The van der Waals surface area contributed by atoms with Crippen LogP contribution in [0.25, 0.3) is 10.9 Å². The second kappa shape index (κ2) is 3.11. The molecule has 1 heterocycles. The van der Waals surface area contributed by atoms with E-state index in [9.17, 15) is 0 Å². The summed E-state index contributed by atoms with van der Waals surface area (Å²) < 4.78 is 6.81. The minimum Gasteiger partial charge on any atom is -0.508 e. The van der Waals surface area contributed by atoms with Crippen molar-refractivity contribution in [3.63, 3.8) is 0 Å². The molecule has 0 saturated carbocycles. The predicted molar refractivity (Wildman–Crippen MR) is 52.7 cm³/mol. The molecule has 0 atom stereocenters. The zero-order chi connectivity index (χ0) is 9.97. The van der Waals surface area contributed by atoms with Crippen LogP contribution in [-0.4, -0.2) is 18.1 Å². The maximum atomic E-state index is 6.81. The Hall–Kier alpha value is -1.48. The molecule has 1 aromatic carbocycles. The molecule has 0 aliphatic rings. The topological polar surface area (TPSA) is 62.0 Å². The fraction of sp³-hybridized carbons (Fsp3) is 0.200. The maximum Gasteiger partial charge on any atom is 0.293 e. The zero-order valence-electron chi connectivity index (χ0n) is 8.21. The highest BCUT2D eigenvalue weighted by Gasteiger charge is 2.02. The fourth-order valence-corrected chi connectivity index (χ4v) is 1.52. The van der Waals surface area contributed by atoms with Gasteiger partial charge in [-0.05, 0) is 36.7 Å². The Morgan fingerprint density at radius 3 is 3.23 bits per heavy atom. The SMILES string of the molecule is [2H]Oc1ccc2[nH]cc(CCN)c2c1. The lowest BCUT2D eigenvalue weighted by atomic mass is 10.1. The van der Waals surface area contributed by atoms with E-state index < -0.39 is 0 Å². The summed E-state index contributed by atoms with van der Waals surface area (Å²) in [5.74, 6) is 0.551. The van der Waals surface area contributed by atoms with Crippen molar-refractivity contribution in [2.24, 2.45) is 5.73 Å². The van der Waals surface area contributed by atoms with Gasteiger partial charge in [0, 0.05) is 17.1 Å². The number of phenols is 1. The molecule has 4 N–H and O–H groups in total. The molecule has 0 unspecified atom stereocenters. The molecule has 0 radical (unpaired) electrons. The van der Waals surface area contributed by atoms with Crippen molar-refractivity contribution in [3.05, 3.63) is 30.0 Å². The fourth-order valence-electron chi connectivity index (χ4n) is 1.52. The number of hydrogen-bond acceptors (Lipinski definition) is 2. The molecule has 0 spiro atoms. The second-order valence-electron chi connectivity index (χ2n) is 3.06. The maximum absolute atomic E-state index is 6.81. The molecule has 0 amide bonds. The first-order valence-electron chi connectivity index (χ1n) is 4.69. The van der Waals surface area contributed by atoms with Crippen LogP contribution in [0.15, 0.2) is 24.4 Å². The normalized spacial score (nSPS) is 11.6. The molecule has 3 heteroatoms. The summed E-state index contributed by atoms with van der Waals surface area (Å²) in [5.41, 5.74) is 7.72. The Kier molecular flexibility index (Phi) is 1.67. The van der Waals surface area contributed by atoms with Gasteiger partial charge in [0.05, 0.1) is 0 Å². The first-order valence-corrected chi connectivity index (χ1v) is 4.28. The summed E-state index contributed by atoms with van der Waals surface area (Å²) in [4.78, 5) is 3.15. The van der Waals surface area contributed by atoms with Gasteiger partial charge in [-0.2, -0.15) is 0 Å². The van der Waals surface area contributed by atoms with Gasteiger partial charge in [0.25, 0.3) is 1.43 Å². The molecule has 0 bridgehead atoms. The summed E-state index contributed by atoms with van der Waals surface area (Å²) in [5, 5.41) is 5.51. The van der Waals surface area contributed by atoms with E-state index >= 15 is 0 Å². The Labute approximate surface area is 77.7 Å². The second-order valence-corrected chi connectivity index (χ2v) is 3.06. The monoisotopic (exact) mass is 177 g/mol. The van der Waals surface area contributed by atoms with Gasteiger partial charge in [-0.3, -0.25) is 0 Å². The summed E-state index contributed by atoms with van der Waals surface area (Å²) in [6, 6.07) is 5.51. The quantitative estimate of drug-likeness (QED) is 0.663. The molecule has 1 aromatic heterocycles. The molecule has 0 fully saturated rings. The van der Waals surface area contributed by atoms with E-state index in [1.54, 1.807) is 6.07 Å². The van der Waals surface area contributed by atoms with E-state index in [2.05, 4.69) is 10.1 Å². The number of nitrogens with two attached hydrogens (primary N) is 1. The number of benzene rings is 1. The van der Waals surface area contributed by atoms with Gasteiger partial charge in [0.1, 0.15) is 5.75 Å². The number of phenolic OH excluding ortho intramolecular Hbond substituents is 1. The van der Waals surface area contributed by atoms with Crippen LogP contribution in [0.5, 0.6) is 5.75 Å². The van der Waals surface area contributed by atoms with Crippen molar-refractivity contribution < 1.29 is 5.11 Å². The van der Waals surface area contributed by atoms with E-state index in [0.29, 0.717) is 12.3 Å². The largest absolute Gasteiger partial charge is 0.508 e. The Balaban J connectivity index is 2.52. The predicted octanol–water partition coefficient (Wildman–Crippen LogP) is 1.37. The van der Waals surface area contributed by atoms with Gasteiger partial charge >= 0.3 is 0 Å². The van der Waals surface area contributed by atoms with E-state index in [1.165, 1.54) is 5.56 Å². The molecule has 3 nitrogen and oxygen atoms in total. The minimum atomic E-state index is 0.551. The lowest BCUT2D eigenvalue weighted by Crippen LogP contribution is -2.01. The molecular formula is C10H12N2O. The van der Waals surface area contributed by atoms with Crippen molar-refractivity contribution in [1.82, 2.24) is 4.98 Å². The highest BCUT2D eigenvalue weighted by atomic mass is 16.3. The van der Waals surface area contributed by atoms with Gasteiger partial charge < -0.3 is 15.8 Å². The van der Waals surface area contributed by atoms with Crippen LogP contribution >= 0.6 is 0 Å². The average Bonchev–Trinajstić information content (AvgIpc) is 2.61. The number of aromatic amines is 1. The van der Waals surface area contributed by atoms with Gasteiger partial charge in [0.2, 0.25) is 0 Å². The number of nitrogens with one attached hydrogen (secondary N) is 1. The van der Waals surface area contributed by atoms with Crippen LogP contribution in [0.2, 0.25) is 0 Å². The highest BCUT2D eigenvalue weighted by Crippen LogP contribution is 2.22. The van der Waals surface area contributed by atoms with Crippen LogP contribution in [-0.2, 0) is 6.42 Å². The number of H-pyrrole nitrogens is 1. The van der Waals surface area contributed by atoms with Crippen LogP contribution in [0, 0.1) is 0 Å². The first kappa shape index (κ1) is 6.97. The van der Waals surface area contributed by atoms with Crippen LogP contribution in [0.4, 0.5) is 0 Å². The van der Waals surface area contributed by atoms with Crippen molar-refractivity contribution >= 4 is 10.9 Å². The van der Waals surface area contributed by atoms with Gasteiger partial charge in [-0.1, -0.05) is 0 Å². The molecule has 68 valence electrons.